The van der Waals surface area contributed by atoms with E-state index in [9.17, 15) is 27.6 Å². The zero-order chi connectivity index (χ0) is 19.6. The normalized spacial score (nSPS) is 20.1. The number of aliphatic carboxylic acids is 1. The van der Waals surface area contributed by atoms with Crippen molar-refractivity contribution in [1.29, 1.82) is 0 Å². The second-order valence-electron chi connectivity index (χ2n) is 5.71. The molecule has 12 heteroatoms. The second kappa shape index (κ2) is 7.22. The second-order valence-corrected chi connectivity index (χ2v) is 5.71. The minimum Gasteiger partial charge on any atom is -0.481 e. The molecule has 1 saturated heterocycles. The number of carbonyl (C=O) groups is 3. The molecule has 9 nitrogen and oxygen atoms in total. The number of esters is 1. The molecule has 2 rings (SSSR count). The first-order valence-electron chi connectivity index (χ1n) is 7.60. The Kier molecular flexibility index (Phi) is 5.42. The summed E-state index contributed by atoms with van der Waals surface area (Å²) in [5.74, 6) is -6.49. The van der Waals surface area contributed by atoms with Crippen LogP contribution >= 0.6 is 0 Å². The Hall–Kier alpha value is -2.79. The maximum atomic E-state index is 13.0. The average molecular weight is 378 g/mol. The molecule has 1 aliphatic rings. The van der Waals surface area contributed by atoms with Crippen molar-refractivity contribution >= 4 is 23.8 Å². The molecule has 26 heavy (non-hydrogen) atoms. The van der Waals surface area contributed by atoms with E-state index in [4.69, 9.17) is 9.84 Å². The van der Waals surface area contributed by atoms with E-state index in [0.29, 0.717) is 0 Å². The molecule has 0 unspecified atom stereocenters. The third kappa shape index (κ3) is 4.06. The SMILES string of the molecule is CCOC(=O)c1cn(C)nc1NC(=O)N1C[C@@H](C(F)(F)F)[C@H](C(=O)O)C1. The number of aromatic nitrogens is 2. The van der Waals surface area contributed by atoms with Gasteiger partial charge in [0.15, 0.2) is 5.82 Å². The van der Waals surface area contributed by atoms with E-state index < -0.39 is 49.1 Å². The Morgan fingerprint density at radius 2 is 2.04 bits per heavy atom. The molecular weight excluding hydrogens is 361 g/mol. The molecule has 2 amide bonds. The number of carboxylic acids is 1. The van der Waals surface area contributed by atoms with Gasteiger partial charge in [-0.2, -0.15) is 18.3 Å². The number of likely N-dealkylation sites (tertiary alicyclic amines) is 1. The minimum absolute atomic E-state index is 0.0657. The maximum absolute atomic E-state index is 13.0. The Morgan fingerprint density at radius 1 is 1.38 bits per heavy atom. The topological polar surface area (TPSA) is 114 Å². The van der Waals surface area contributed by atoms with E-state index in [2.05, 4.69) is 10.4 Å². The fourth-order valence-electron chi connectivity index (χ4n) is 2.67. The molecule has 144 valence electrons. The van der Waals surface area contributed by atoms with E-state index in [1.807, 2.05) is 0 Å². The van der Waals surface area contributed by atoms with Crippen molar-refractivity contribution in [2.45, 2.75) is 13.1 Å². The number of rotatable bonds is 4. The number of urea groups is 1. The first-order chi connectivity index (χ1) is 12.0. The van der Waals surface area contributed by atoms with Crippen molar-refractivity contribution in [3.05, 3.63) is 11.8 Å². The molecular formula is C14H17F3N4O5. The van der Waals surface area contributed by atoms with E-state index >= 15 is 0 Å². The summed E-state index contributed by atoms with van der Waals surface area (Å²) in [4.78, 5) is 35.9. The quantitative estimate of drug-likeness (QED) is 0.764. The van der Waals surface area contributed by atoms with E-state index in [-0.39, 0.29) is 18.0 Å². The van der Waals surface area contributed by atoms with Crippen LogP contribution in [0.5, 0.6) is 0 Å². The number of aryl methyl sites for hydroxylation is 1. The van der Waals surface area contributed by atoms with Gasteiger partial charge in [-0.15, -0.1) is 0 Å². The van der Waals surface area contributed by atoms with Crippen LogP contribution < -0.4 is 5.32 Å². The molecule has 2 atom stereocenters. The molecule has 0 saturated carbocycles. The summed E-state index contributed by atoms with van der Waals surface area (Å²) in [6.07, 6.45) is -3.46. The fourth-order valence-corrected chi connectivity index (χ4v) is 2.67. The Balaban J connectivity index is 2.16. The number of ether oxygens (including phenoxy) is 1. The molecule has 1 aromatic heterocycles. The number of nitrogens with one attached hydrogen (secondary N) is 1. The van der Waals surface area contributed by atoms with Crippen molar-refractivity contribution in [3.8, 4) is 0 Å². The zero-order valence-electron chi connectivity index (χ0n) is 13.9. The van der Waals surface area contributed by atoms with Crippen LogP contribution in [0, 0.1) is 11.8 Å². The van der Waals surface area contributed by atoms with Gasteiger partial charge < -0.3 is 14.7 Å². The molecule has 0 spiro atoms. The summed E-state index contributed by atoms with van der Waals surface area (Å²) < 4.78 is 45.0. The number of alkyl halides is 3. The van der Waals surface area contributed by atoms with Crippen LogP contribution in [0.4, 0.5) is 23.8 Å². The van der Waals surface area contributed by atoms with Gasteiger partial charge in [-0.25, -0.2) is 9.59 Å². The molecule has 0 aliphatic carbocycles. The van der Waals surface area contributed by atoms with Crippen molar-refractivity contribution in [2.24, 2.45) is 18.9 Å². The lowest BCUT2D eigenvalue weighted by Crippen LogP contribution is -2.35. The van der Waals surface area contributed by atoms with Gasteiger partial charge >= 0.3 is 24.1 Å². The van der Waals surface area contributed by atoms with Gasteiger partial charge in [0.05, 0.1) is 18.4 Å². The van der Waals surface area contributed by atoms with Crippen LogP contribution in [0.2, 0.25) is 0 Å². The van der Waals surface area contributed by atoms with E-state index in [0.717, 1.165) is 4.90 Å². The Labute approximate surface area is 145 Å². The highest BCUT2D eigenvalue weighted by atomic mass is 19.4. The summed E-state index contributed by atoms with van der Waals surface area (Å²) in [6, 6.07) is -0.979. The predicted molar refractivity (Wildman–Crippen MR) is 80.4 cm³/mol. The van der Waals surface area contributed by atoms with E-state index in [1.54, 1.807) is 6.92 Å². The monoisotopic (exact) mass is 378 g/mol. The van der Waals surface area contributed by atoms with Gasteiger partial charge in [0.25, 0.3) is 0 Å². The highest BCUT2D eigenvalue weighted by molar-refractivity contribution is 5.99. The summed E-state index contributed by atoms with van der Waals surface area (Å²) >= 11 is 0. The Bertz CT molecular complexity index is 718. The number of carbonyl (C=O) groups excluding carboxylic acids is 2. The van der Waals surface area contributed by atoms with E-state index in [1.165, 1.54) is 17.9 Å². The molecule has 1 fully saturated rings. The van der Waals surface area contributed by atoms with Crippen LogP contribution in [0.25, 0.3) is 0 Å². The van der Waals surface area contributed by atoms with Crippen molar-refractivity contribution in [2.75, 3.05) is 25.0 Å². The molecule has 0 aromatic carbocycles. The van der Waals surface area contributed by atoms with Gasteiger partial charge in [0, 0.05) is 26.3 Å². The van der Waals surface area contributed by atoms with Crippen molar-refractivity contribution in [1.82, 2.24) is 14.7 Å². The lowest BCUT2D eigenvalue weighted by Gasteiger charge is -2.18. The van der Waals surface area contributed by atoms with Crippen LogP contribution in [0.1, 0.15) is 17.3 Å². The molecule has 0 radical (unpaired) electrons. The van der Waals surface area contributed by atoms with Gasteiger partial charge in [-0.3, -0.25) is 14.8 Å². The fraction of sp³-hybridized carbons (Fsp3) is 0.571. The van der Waals surface area contributed by atoms with Crippen molar-refractivity contribution in [3.63, 3.8) is 0 Å². The summed E-state index contributed by atoms with van der Waals surface area (Å²) in [6.45, 7) is 0.266. The first kappa shape index (κ1) is 19.5. The molecule has 0 bridgehead atoms. The molecule has 1 aliphatic heterocycles. The van der Waals surface area contributed by atoms with Crippen LogP contribution in [-0.4, -0.2) is 63.6 Å². The lowest BCUT2D eigenvalue weighted by atomic mass is 9.96. The number of nitrogens with zero attached hydrogens (tertiary/aromatic N) is 3. The maximum Gasteiger partial charge on any atom is 0.394 e. The van der Waals surface area contributed by atoms with Gasteiger partial charge in [0.1, 0.15) is 5.56 Å². The standard InChI is InChI=1S/C14H17F3N4O5/c1-3-26-12(24)8-4-20(2)19-10(8)18-13(25)21-5-7(11(22)23)9(6-21)14(15,16)17/h4,7,9H,3,5-6H2,1-2H3,(H,22,23)(H,18,19,25)/t7-,9-/m1/s1. The summed E-state index contributed by atoms with van der Waals surface area (Å²) in [7, 11) is 1.48. The van der Waals surface area contributed by atoms with Crippen LogP contribution in [0.3, 0.4) is 0 Å². The number of carboxylic acid groups (broad SMARTS) is 1. The smallest absolute Gasteiger partial charge is 0.394 e. The Morgan fingerprint density at radius 3 is 2.54 bits per heavy atom. The van der Waals surface area contributed by atoms with Gasteiger partial charge in [-0.1, -0.05) is 0 Å². The highest BCUT2D eigenvalue weighted by Gasteiger charge is 2.53. The summed E-state index contributed by atoms with van der Waals surface area (Å²) in [5.41, 5.74) is -0.0657. The predicted octanol–water partition coefficient (Wildman–Crippen LogP) is 1.32. The number of amides is 2. The molecule has 2 N–H and O–H groups in total. The molecule has 2 heterocycles. The minimum atomic E-state index is -4.75. The third-order valence-electron chi connectivity index (χ3n) is 3.89. The zero-order valence-corrected chi connectivity index (χ0v) is 13.9. The largest absolute Gasteiger partial charge is 0.481 e. The molecule has 1 aromatic rings. The third-order valence-corrected chi connectivity index (χ3v) is 3.89. The van der Waals surface area contributed by atoms with Crippen molar-refractivity contribution < 1.29 is 37.4 Å². The van der Waals surface area contributed by atoms with Gasteiger partial charge in [0.2, 0.25) is 0 Å². The van der Waals surface area contributed by atoms with Gasteiger partial charge in [-0.05, 0) is 6.92 Å². The average Bonchev–Trinajstić information content (AvgIpc) is 3.11. The van der Waals surface area contributed by atoms with Crippen LogP contribution in [0.15, 0.2) is 6.20 Å². The number of hydrogen-bond acceptors (Lipinski definition) is 5. The lowest BCUT2D eigenvalue weighted by molar-refractivity contribution is -0.187. The van der Waals surface area contributed by atoms with Crippen LogP contribution in [-0.2, 0) is 16.6 Å². The first-order valence-corrected chi connectivity index (χ1v) is 7.60. The number of hydrogen-bond donors (Lipinski definition) is 2. The number of anilines is 1. The highest BCUT2D eigenvalue weighted by Crippen LogP contribution is 2.37. The number of halogens is 3. The summed E-state index contributed by atoms with van der Waals surface area (Å²) in [5, 5.41) is 15.1.